The van der Waals surface area contributed by atoms with Crippen LogP contribution in [0.1, 0.15) is 49.1 Å². The van der Waals surface area contributed by atoms with E-state index in [1.54, 1.807) is 60.7 Å². The molecule has 0 saturated carbocycles. The van der Waals surface area contributed by atoms with E-state index >= 15 is 0 Å². The number of Topliss-reactive ketones (excluding diaryl/α,β-unsaturated/α-hetero) is 1. The molecule has 1 N–H and O–H groups in total. The first-order valence-electron chi connectivity index (χ1n) is 11.1. The van der Waals surface area contributed by atoms with Crippen LogP contribution in [0.15, 0.2) is 76.9 Å². The average molecular weight is 456 g/mol. The first kappa shape index (κ1) is 22.9. The van der Waals surface area contributed by atoms with Crippen molar-refractivity contribution in [3.63, 3.8) is 0 Å². The Morgan fingerprint density at radius 1 is 1.09 bits per heavy atom. The van der Waals surface area contributed by atoms with E-state index < -0.39 is 17.7 Å². The number of rotatable bonds is 8. The van der Waals surface area contributed by atoms with Crippen molar-refractivity contribution >= 4 is 23.1 Å². The Bertz CT molecular complexity index is 1240. The molecule has 7 nitrogen and oxygen atoms in total. The highest BCUT2D eigenvalue weighted by Gasteiger charge is 2.48. The Hall–Kier alpha value is -4.31. The molecule has 1 amide bonds. The predicted molar refractivity (Wildman–Crippen MR) is 126 cm³/mol. The van der Waals surface area contributed by atoms with E-state index in [1.807, 2.05) is 6.07 Å². The highest BCUT2D eigenvalue weighted by atomic mass is 16.5. The summed E-state index contributed by atoms with van der Waals surface area (Å²) in [5, 5.41) is 20.2. The maximum absolute atomic E-state index is 13.1. The van der Waals surface area contributed by atoms with Gasteiger partial charge in [-0.3, -0.25) is 14.5 Å². The largest absolute Gasteiger partial charge is 0.507 e. The quantitative estimate of drug-likeness (QED) is 0.212. The van der Waals surface area contributed by atoms with Crippen molar-refractivity contribution in [2.75, 3.05) is 11.5 Å². The SMILES string of the molecule is CCCCCOc1ccc(/C(O)=C2/C(=O)C(=O)N(c3ccc(C#N)cc3)C2c2ccco2)cc1. The zero-order valence-electron chi connectivity index (χ0n) is 18.7. The van der Waals surface area contributed by atoms with Gasteiger partial charge in [0.2, 0.25) is 0 Å². The summed E-state index contributed by atoms with van der Waals surface area (Å²) < 4.78 is 11.3. The van der Waals surface area contributed by atoms with Crippen molar-refractivity contribution in [2.45, 2.75) is 32.2 Å². The van der Waals surface area contributed by atoms with Gasteiger partial charge in [-0.05, 0) is 67.1 Å². The highest BCUT2D eigenvalue weighted by Crippen LogP contribution is 2.42. The standard InChI is InChI=1S/C27H24N2O5/c1-2-3-4-15-33-21-13-9-19(10-14-21)25(30)23-24(22-6-5-16-34-22)29(27(32)26(23)31)20-11-7-18(17-28)8-12-20/h5-14,16,24,30H,2-4,15H2,1H3/b25-23-. The van der Waals surface area contributed by atoms with E-state index in [0.717, 1.165) is 19.3 Å². The lowest BCUT2D eigenvalue weighted by molar-refractivity contribution is -0.132. The molecular formula is C27H24N2O5. The summed E-state index contributed by atoms with van der Waals surface area (Å²) in [7, 11) is 0. The molecule has 1 atom stereocenters. The maximum atomic E-state index is 13.1. The normalized spacial score (nSPS) is 17.1. The third kappa shape index (κ3) is 4.44. The van der Waals surface area contributed by atoms with Crippen LogP contribution in [-0.2, 0) is 9.59 Å². The highest BCUT2D eigenvalue weighted by molar-refractivity contribution is 6.51. The van der Waals surface area contributed by atoms with Crippen LogP contribution in [0.25, 0.3) is 5.76 Å². The van der Waals surface area contributed by atoms with Gasteiger partial charge in [0, 0.05) is 11.3 Å². The number of anilines is 1. The molecule has 1 aromatic heterocycles. The van der Waals surface area contributed by atoms with Crippen molar-refractivity contribution < 1.29 is 23.8 Å². The number of aliphatic hydroxyl groups excluding tert-OH is 1. The number of aliphatic hydroxyl groups is 1. The molecule has 0 bridgehead atoms. The Morgan fingerprint density at radius 2 is 1.82 bits per heavy atom. The predicted octanol–water partition coefficient (Wildman–Crippen LogP) is 5.35. The Labute approximate surface area is 197 Å². The topological polar surface area (TPSA) is 104 Å². The van der Waals surface area contributed by atoms with Gasteiger partial charge in [-0.2, -0.15) is 5.26 Å². The number of hydrogen-bond acceptors (Lipinski definition) is 6. The minimum Gasteiger partial charge on any atom is -0.507 e. The Kier molecular flexibility index (Phi) is 6.79. The van der Waals surface area contributed by atoms with Crippen LogP contribution in [0.2, 0.25) is 0 Å². The number of nitriles is 1. The number of unbranched alkanes of at least 4 members (excludes halogenated alkanes) is 2. The van der Waals surface area contributed by atoms with Crippen LogP contribution in [0.4, 0.5) is 5.69 Å². The summed E-state index contributed by atoms with van der Waals surface area (Å²) in [4.78, 5) is 27.4. The second-order valence-corrected chi connectivity index (χ2v) is 7.92. The van der Waals surface area contributed by atoms with Crippen molar-refractivity contribution in [3.8, 4) is 11.8 Å². The molecule has 0 radical (unpaired) electrons. The van der Waals surface area contributed by atoms with Crippen LogP contribution in [0, 0.1) is 11.3 Å². The molecule has 2 aromatic carbocycles. The number of ketones is 1. The summed E-state index contributed by atoms with van der Waals surface area (Å²) in [6.45, 7) is 2.73. The fourth-order valence-corrected chi connectivity index (χ4v) is 3.92. The molecule has 172 valence electrons. The van der Waals surface area contributed by atoms with Gasteiger partial charge in [0.1, 0.15) is 23.3 Å². The van der Waals surface area contributed by atoms with Gasteiger partial charge in [0.15, 0.2) is 0 Å². The van der Waals surface area contributed by atoms with E-state index in [-0.39, 0.29) is 11.3 Å². The number of amides is 1. The minimum absolute atomic E-state index is 0.0686. The molecule has 0 aliphatic carbocycles. The van der Waals surface area contributed by atoms with E-state index in [2.05, 4.69) is 6.92 Å². The number of hydrogen-bond donors (Lipinski definition) is 1. The van der Waals surface area contributed by atoms with Crippen LogP contribution in [0.5, 0.6) is 5.75 Å². The second-order valence-electron chi connectivity index (χ2n) is 7.92. The third-order valence-electron chi connectivity index (χ3n) is 5.68. The van der Waals surface area contributed by atoms with Gasteiger partial charge in [-0.25, -0.2) is 0 Å². The Morgan fingerprint density at radius 3 is 2.44 bits per heavy atom. The average Bonchev–Trinajstić information content (AvgIpc) is 3.49. The van der Waals surface area contributed by atoms with Gasteiger partial charge in [0.25, 0.3) is 11.7 Å². The summed E-state index contributed by atoms with van der Waals surface area (Å²) >= 11 is 0. The number of ether oxygens (including phenoxy) is 1. The van der Waals surface area contributed by atoms with E-state index in [1.165, 1.54) is 11.2 Å². The van der Waals surface area contributed by atoms with Crippen LogP contribution in [-0.4, -0.2) is 23.4 Å². The van der Waals surface area contributed by atoms with E-state index in [4.69, 9.17) is 14.4 Å². The molecule has 1 aliphatic rings. The number of furan rings is 1. The van der Waals surface area contributed by atoms with Gasteiger partial charge in [-0.1, -0.05) is 19.8 Å². The number of benzene rings is 2. The van der Waals surface area contributed by atoms with Crippen molar-refractivity contribution in [2.24, 2.45) is 0 Å². The third-order valence-corrected chi connectivity index (χ3v) is 5.68. The fraction of sp³-hybridized carbons (Fsp3) is 0.222. The van der Waals surface area contributed by atoms with Gasteiger partial charge in [0.05, 0.1) is 30.1 Å². The molecule has 1 saturated heterocycles. The number of nitrogens with zero attached hydrogens (tertiary/aromatic N) is 2. The first-order valence-corrected chi connectivity index (χ1v) is 11.1. The number of carbonyl (C=O) groups excluding carboxylic acids is 2. The van der Waals surface area contributed by atoms with Crippen LogP contribution < -0.4 is 9.64 Å². The van der Waals surface area contributed by atoms with Crippen molar-refractivity contribution in [1.82, 2.24) is 0 Å². The number of carbonyl (C=O) groups is 2. The lowest BCUT2D eigenvalue weighted by Gasteiger charge is -2.23. The van der Waals surface area contributed by atoms with Crippen LogP contribution >= 0.6 is 0 Å². The Balaban J connectivity index is 1.71. The fourth-order valence-electron chi connectivity index (χ4n) is 3.92. The molecule has 34 heavy (non-hydrogen) atoms. The molecule has 0 spiro atoms. The van der Waals surface area contributed by atoms with Gasteiger partial charge >= 0.3 is 0 Å². The first-order chi connectivity index (χ1) is 16.5. The molecular weight excluding hydrogens is 432 g/mol. The molecule has 3 aromatic rings. The summed E-state index contributed by atoms with van der Waals surface area (Å²) in [5.41, 5.74) is 1.15. The van der Waals surface area contributed by atoms with Gasteiger partial charge in [-0.15, -0.1) is 0 Å². The van der Waals surface area contributed by atoms with E-state index in [0.29, 0.717) is 34.9 Å². The zero-order chi connectivity index (χ0) is 24.1. The van der Waals surface area contributed by atoms with Crippen molar-refractivity contribution in [3.05, 3.63) is 89.4 Å². The van der Waals surface area contributed by atoms with Crippen LogP contribution in [0.3, 0.4) is 0 Å². The minimum atomic E-state index is -0.951. The smallest absolute Gasteiger partial charge is 0.300 e. The summed E-state index contributed by atoms with van der Waals surface area (Å²) in [5.74, 6) is -0.908. The monoisotopic (exact) mass is 456 g/mol. The molecule has 7 heteroatoms. The lowest BCUT2D eigenvalue weighted by Crippen LogP contribution is -2.29. The molecule has 1 unspecified atom stereocenters. The molecule has 1 aliphatic heterocycles. The molecule has 2 heterocycles. The van der Waals surface area contributed by atoms with E-state index in [9.17, 15) is 14.7 Å². The lowest BCUT2D eigenvalue weighted by atomic mass is 9.99. The maximum Gasteiger partial charge on any atom is 0.300 e. The molecule has 1 fully saturated rings. The zero-order valence-corrected chi connectivity index (χ0v) is 18.7. The second kappa shape index (κ2) is 10.1. The summed E-state index contributed by atoms with van der Waals surface area (Å²) in [6, 6.07) is 17.4. The molecule has 4 rings (SSSR count). The van der Waals surface area contributed by atoms with Crippen molar-refractivity contribution in [1.29, 1.82) is 5.26 Å². The summed E-state index contributed by atoms with van der Waals surface area (Å²) in [6.07, 6.45) is 4.59. The van der Waals surface area contributed by atoms with Gasteiger partial charge < -0.3 is 14.3 Å².